The molecule has 3 aromatic rings. The van der Waals surface area contributed by atoms with Gasteiger partial charge in [-0.05, 0) is 66.9 Å². The standard InChI is InChI=1S/C30H32N4O4/c1-2-3-19-37-24-13-9-22(10-14-24)27-20-28-30(36)33(17-18-34(28)32-27)21-29(35)31-23-11-15-26(16-12-23)38-25-7-5-4-6-8-25/h4-18,27-28,32H,2-3,19-21H2,1H3,(H,31,35). The predicted molar refractivity (Wildman–Crippen MR) is 145 cm³/mol. The molecular formula is C30H32N4O4. The first-order chi connectivity index (χ1) is 18.6. The molecular weight excluding hydrogens is 480 g/mol. The van der Waals surface area contributed by atoms with Gasteiger partial charge in [0, 0.05) is 18.1 Å². The number of benzene rings is 3. The van der Waals surface area contributed by atoms with Gasteiger partial charge in [-0.1, -0.05) is 43.7 Å². The minimum absolute atomic E-state index is 0.00341. The topological polar surface area (TPSA) is 83.1 Å². The fourth-order valence-electron chi connectivity index (χ4n) is 4.50. The van der Waals surface area contributed by atoms with Gasteiger partial charge >= 0.3 is 0 Å². The van der Waals surface area contributed by atoms with Crippen LogP contribution >= 0.6 is 0 Å². The minimum Gasteiger partial charge on any atom is -0.494 e. The Morgan fingerprint density at radius 1 is 0.947 bits per heavy atom. The number of amides is 2. The van der Waals surface area contributed by atoms with Crippen LogP contribution in [-0.2, 0) is 9.59 Å². The van der Waals surface area contributed by atoms with E-state index in [0.29, 0.717) is 24.5 Å². The largest absolute Gasteiger partial charge is 0.494 e. The summed E-state index contributed by atoms with van der Waals surface area (Å²) in [6.45, 7) is 2.79. The van der Waals surface area contributed by atoms with Gasteiger partial charge in [-0.25, -0.2) is 5.43 Å². The molecule has 0 spiro atoms. The molecule has 1 saturated heterocycles. The summed E-state index contributed by atoms with van der Waals surface area (Å²) in [6, 6.07) is 24.3. The minimum atomic E-state index is -0.368. The Bertz CT molecular complexity index is 1260. The van der Waals surface area contributed by atoms with E-state index in [1.807, 2.05) is 65.8 Å². The van der Waals surface area contributed by atoms with Crippen LogP contribution in [0.1, 0.15) is 37.8 Å². The molecule has 2 amide bonds. The molecule has 2 aliphatic heterocycles. The van der Waals surface area contributed by atoms with Crippen LogP contribution in [0.15, 0.2) is 91.3 Å². The van der Waals surface area contributed by atoms with Crippen LogP contribution in [0.25, 0.3) is 0 Å². The first-order valence-electron chi connectivity index (χ1n) is 13.0. The molecule has 0 saturated carbocycles. The van der Waals surface area contributed by atoms with Crippen LogP contribution < -0.4 is 20.2 Å². The fourth-order valence-corrected chi connectivity index (χ4v) is 4.50. The Kier molecular flexibility index (Phi) is 7.89. The van der Waals surface area contributed by atoms with Gasteiger partial charge in [0.1, 0.15) is 29.8 Å². The van der Waals surface area contributed by atoms with Gasteiger partial charge in [-0.3, -0.25) is 9.59 Å². The molecule has 0 bridgehead atoms. The van der Waals surface area contributed by atoms with E-state index < -0.39 is 0 Å². The number of hydrazine groups is 1. The van der Waals surface area contributed by atoms with Crippen molar-refractivity contribution in [3.8, 4) is 17.2 Å². The van der Waals surface area contributed by atoms with Crippen molar-refractivity contribution < 1.29 is 19.1 Å². The molecule has 5 rings (SSSR count). The van der Waals surface area contributed by atoms with E-state index in [-0.39, 0.29) is 30.4 Å². The van der Waals surface area contributed by atoms with E-state index >= 15 is 0 Å². The van der Waals surface area contributed by atoms with Crippen molar-refractivity contribution in [1.82, 2.24) is 15.3 Å². The monoisotopic (exact) mass is 512 g/mol. The van der Waals surface area contributed by atoms with Crippen molar-refractivity contribution in [2.75, 3.05) is 18.5 Å². The summed E-state index contributed by atoms with van der Waals surface area (Å²) >= 11 is 0. The van der Waals surface area contributed by atoms with E-state index in [0.717, 1.165) is 29.9 Å². The van der Waals surface area contributed by atoms with Crippen LogP contribution in [0, 0.1) is 0 Å². The molecule has 0 radical (unpaired) electrons. The lowest BCUT2D eigenvalue weighted by Gasteiger charge is -2.31. The Balaban J connectivity index is 1.12. The maximum Gasteiger partial charge on any atom is 0.251 e. The number of hydrogen-bond acceptors (Lipinski definition) is 6. The van der Waals surface area contributed by atoms with Gasteiger partial charge < -0.3 is 24.7 Å². The Labute approximate surface area is 222 Å². The molecule has 8 nitrogen and oxygen atoms in total. The number of rotatable bonds is 10. The maximum absolute atomic E-state index is 13.2. The molecule has 2 heterocycles. The number of hydrogen-bond donors (Lipinski definition) is 2. The summed E-state index contributed by atoms with van der Waals surface area (Å²) in [6.07, 6.45) is 6.20. The number of carbonyl (C=O) groups excluding carboxylic acids is 2. The Hall–Kier alpha value is -4.30. The lowest BCUT2D eigenvalue weighted by Crippen LogP contribution is -2.49. The van der Waals surface area contributed by atoms with E-state index in [1.165, 1.54) is 4.90 Å². The number of carbonyl (C=O) groups is 2. The van der Waals surface area contributed by atoms with Crippen molar-refractivity contribution >= 4 is 17.5 Å². The Morgan fingerprint density at radius 3 is 2.39 bits per heavy atom. The zero-order chi connectivity index (χ0) is 26.3. The zero-order valence-electron chi connectivity index (χ0n) is 21.4. The summed E-state index contributed by atoms with van der Waals surface area (Å²) in [5.41, 5.74) is 5.12. The summed E-state index contributed by atoms with van der Waals surface area (Å²) in [5.74, 6) is 1.89. The summed E-state index contributed by atoms with van der Waals surface area (Å²) in [7, 11) is 0. The van der Waals surface area contributed by atoms with Crippen molar-refractivity contribution in [3.05, 3.63) is 96.8 Å². The van der Waals surface area contributed by atoms with Crippen LogP contribution in [0.5, 0.6) is 17.2 Å². The van der Waals surface area contributed by atoms with E-state index in [2.05, 4.69) is 17.7 Å². The molecule has 2 atom stereocenters. The molecule has 2 aliphatic rings. The van der Waals surface area contributed by atoms with Gasteiger partial charge in [0.2, 0.25) is 5.91 Å². The third-order valence-electron chi connectivity index (χ3n) is 6.56. The Morgan fingerprint density at radius 2 is 1.66 bits per heavy atom. The summed E-state index contributed by atoms with van der Waals surface area (Å²) in [5, 5.41) is 4.69. The molecule has 196 valence electrons. The van der Waals surface area contributed by atoms with E-state index in [1.54, 1.807) is 30.5 Å². The number of para-hydroxylation sites is 1. The second kappa shape index (κ2) is 11.8. The average molecular weight is 513 g/mol. The SMILES string of the molecule is CCCCOc1ccc(C2CC3C(=O)N(CC(=O)Nc4ccc(Oc5ccccc5)cc4)C=CN3N2)cc1. The van der Waals surface area contributed by atoms with Crippen molar-refractivity contribution in [3.63, 3.8) is 0 Å². The van der Waals surface area contributed by atoms with Gasteiger partial charge in [-0.15, -0.1) is 0 Å². The predicted octanol–water partition coefficient (Wildman–Crippen LogP) is 5.23. The lowest BCUT2D eigenvalue weighted by atomic mass is 10.0. The van der Waals surface area contributed by atoms with Crippen LogP contribution in [-0.4, -0.2) is 40.9 Å². The summed E-state index contributed by atoms with van der Waals surface area (Å²) in [4.78, 5) is 27.3. The highest BCUT2D eigenvalue weighted by molar-refractivity contribution is 5.96. The summed E-state index contributed by atoms with van der Waals surface area (Å²) < 4.78 is 11.5. The molecule has 2 unspecified atom stereocenters. The first-order valence-corrected chi connectivity index (χ1v) is 13.0. The molecule has 0 aromatic heterocycles. The highest BCUT2D eigenvalue weighted by atomic mass is 16.5. The second-order valence-corrected chi connectivity index (χ2v) is 9.36. The van der Waals surface area contributed by atoms with E-state index in [4.69, 9.17) is 9.47 Å². The van der Waals surface area contributed by atoms with Crippen LogP contribution in [0.3, 0.4) is 0 Å². The molecule has 8 heteroatoms. The molecule has 1 fully saturated rings. The molecule has 0 aliphatic carbocycles. The highest BCUT2D eigenvalue weighted by Crippen LogP contribution is 2.31. The average Bonchev–Trinajstić information content (AvgIpc) is 3.38. The van der Waals surface area contributed by atoms with Gasteiger partial charge in [-0.2, -0.15) is 0 Å². The lowest BCUT2D eigenvalue weighted by molar-refractivity contribution is -0.137. The quantitative estimate of drug-likeness (QED) is 0.362. The molecule has 38 heavy (non-hydrogen) atoms. The molecule has 2 N–H and O–H groups in total. The van der Waals surface area contributed by atoms with Crippen molar-refractivity contribution in [2.24, 2.45) is 0 Å². The molecule has 3 aromatic carbocycles. The van der Waals surface area contributed by atoms with Gasteiger partial charge in [0.25, 0.3) is 5.91 Å². The maximum atomic E-state index is 13.2. The van der Waals surface area contributed by atoms with Crippen LogP contribution in [0.2, 0.25) is 0 Å². The van der Waals surface area contributed by atoms with Crippen molar-refractivity contribution in [2.45, 2.75) is 38.3 Å². The first kappa shape index (κ1) is 25.4. The number of ether oxygens (including phenoxy) is 2. The second-order valence-electron chi connectivity index (χ2n) is 9.36. The number of nitrogens with zero attached hydrogens (tertiary/aromatic N) is 2. The third-order valence-corrected chi connectivity index (χ3v) is 6.56. The number of unbranched alkanes of at least 4 members (excludes halogenated alkanes) is 1. The number of anilines is 1. The fraction of sp³-hybridized carbons (Fsp3) is 0.267. The van der Waals surface area contributed by atoms with E-state index in [9.17, 15) is 9.59 Å². The smallest absolute Gasteiger partial charge is 0.251 e. The van der Waals surface area contributed by atoms with Crippen LogP contribution in [0.4, 0.5) is 5.69 Å². The highest BCUT2D eigenvalue weighted by Gasteiger charge is 2.40. The van der Waals surface area contributed by atoms with Crippen molar-refractivity contribution in [1.29, 1.82) is 0 Å². The zero-order valence-corrected chi connectivity index (χ0v) is 21.4. The number of fused-ring (bicyclic) bond motifs is 1. The normalized spacial score (nSPS) is 18.3. The number of nitrogens with one attached hydrogen (secondary N) is 2. The van der Waals surface area contributed by atoms with Gasteiger partial charge in [0.15, 0.2) is 0 Å². The third kappa shape index (κ3) is 6.15. The van der Waals surface area contributed by atoms with Gasteiger partial charge in [0.05, 0.1) is 12.6 Å².